The molecule has 3 aromatic rings. The summed E-state index contributed by atoms with van der Waals surface area (Å²) in [7, 11) is 3.40. The van der Waals surface area contributed by atoms with Crippen molar-refractivity contribution in [1.82, 2.24) is 4.90 Å². The molecular formula is C37H48N2O8. The number of hydrogen-bond acceptors (Lipinski definition) is 8. The van der Waals surface area contributed by atoms with Crippen molar-refractivity contribution in [2.75, 3.05) is 65.2 Å². The van der Waals surface area contributed by atoms with Crippen molar-refractivity contribution < 1.29 is 38.7 Å². The van der Waals surface area contributed by atoms with Gasteiger partial charge in [-0.2, -0.15) is 0 Å². The largest absolute Gasteiger partial charge is 0.494 e. The zero-order valence-corrected chi connectivity index (χ0v) is 27.5. The lowest BCUT2D eigenvalue weighted by atomic mass is 9.79. The Morgan fingerprint density at radius 1 is 0.915 bits per heavy atom. The maximum absolute atomic E-state index is 12.6. The van der Waals surface area contributed by atoms with Gasteiger partial charge in [-0.1, -0.05) is 48.5 Å². The van der Waals surface area contributed by atoms with E-state index in [1.807, 2.05) is 66.7 Å². The number of aliphatic hydroxyl groups is 1. The Labute approximate surface area is 277 Å². The molecule has 0 aliphatic carbocycles. The van der Waals surface area contributed by atoms with Crippen molar-refractivity contribution in [3.63, 3.8) is 0 Å². The maximum atomic E-state index is 12.6. The zero-order chi connectivity index (χ0) is 33.0. The number of anilines is 1. The topological polar surface area (TPSA) is 110 Å². The van der Waals surface area contributed by atoms with E-state index in [0.717, 1.165) is 66.2 Å². The van der Waals surface area contributed by atoms with Gasteiger partial charge in [-0.15, -0.1) is 0 Å². The summed E-state index contributed by atoms with van der Waals surface area (Å²) in [6, 6.07) is 22.8. The zero-order valence-electron chi connectivity index (χ0n) is 27.5. The number of piperidine rings is 1. The fourth-order valence-corrected chi connectivity index (χ4v) is 6.53. The monoisotopic (exact) mass is 648 g/mol. The summed E-state index contributed by atoms with van der Waals surface area (Å²) in [5.74, 6) is 1.13. The Bertz CT molecular complexity index is 1390. The molecule has 1 fully saturated rings. The molecule has 0 spiro atoms. The third kappa shape index (κ3) is 9.16. The highest BCUT2D eigenvalue weighted by atomic mass is 16.5. The molecular weight excluding hydrogens is 600 g/mol. The normalized spacial score (nSPS) is 20.8. The molecule has 4 atom stereocenters. The third-order valence-electron chi connectivity index (χ3n) is 8.97. The Morgan fingerprint density at radius 3 is 2.40 bits per heavy atom. The fraction of sp³-hybridized carbons (Fsp3) is 0.486. The van der Waals surface area contributed by atoms with Crippen molar-refractivity contribution in [2.45, 2.75) is 56.5 Å². The summed E-state index contributed by atoms with van der Waals surface area (Å²) < 4.78 is 28.8. The highest BCUT2D eigenvalue weighted by molar-refractivity contribution is 5.66. The van der Waals surface area contributed by atoms with E-state index in [-0.39, 0.29) is 13.2 Å². The van der Waals surface area contributed by atoms with E-state index in [0.29, 0.717) is 32.8 Å². The number of hydrogen-bond donors (Lipinski definition) is 2. The van der Waals surface area contributed by atoms with E-state index < -0.39 is 30.3 Å². The number of benzene rings is 3. The number of nitrogens with zero attached hydrogens (tertiary/aromatic N) is 2. The van der Waals surface area contributed by atoms with Crippen LogP contribution in [0, 0.1) is 0 Å². The number of unbranched alkanes of at least 4 members (excludes halogenated alkanes) is 1. The SMILES string of the molecule is COCCCCOc1ccc([C@@H]2[C@@H](OCc3ccc4c(c3)N(CCCOC)CCO4)CN(C(=O)O)C(Cc3ccccc3)[C@H]2O)cc1. The molecule has 10 nitrogen and oxygen atoms in total. The lowest BCUT2D eigenvalue weighted by molar-refractivity contribution is -0.0911. The Kier molecular flexibility index (Phi) is 12.7. The molecule has 1 amide bonds. The summed E-state index contributed by atoms with van der Waals surface area (Å²) in [6.07, 6.45) is 0.451. The first-order valence-electron chi connectivity index (χ1n) is 16.5. The third-order valence-corrected chi connectivity index (χ3v) is 8.97. The molecule has 3 aromatic carbocycles. The van der Waals surface area contributed by atoms with Crippen molar-refractivity contribution in [2.24, 2.45) is 0 Å². The van der Waals surface area contributed by atoms with Crippen molar-refractivity contribution in [3.8, 4) is 11.5 Å². The molecule has 2 aliphatic rings. The van der Waals surface area contributed by atoms with Gasteiger partial charge in [0.1, 0.15) is 18.1 Å². The van der Waals surface area contributed by atoms with Gasteiger partial charge in [0.25, 0.3) is 0 Å². The minimum absolute atomic E-state index is 0.128. The molecule has 2 N–H and O–H groups in total. The number of rotatable bonds is 16. The van der Waals surface area contributed by atoms with Crippen LogP contribution in [0.25, 0.3) is 0 Å². The fourth-order valence-electron chi connectivity index (χ4n) is 6.53. The van der Waals surface area contributed by atoms with Gasteiger partial charge >= 0.3 is 6.09 Å². The molecule has 0 saturated carbocycles. The first-order chi connectivity index (χ1) is 23.0. The second kappa shape index (κ2) is 17.4. The summed E-state index contributed by atoms with van der Waals surface area (Å²) in [6.45, 7) is 4.64. The second-order valence-electron chi connectivity index (χ2n) is 12.2. The van der Waals surface area contributed by atoms with Gasteiger partial charge in [0.05, 0.1) is 50.2 Å². The Hall–Kier alpha value is -3.83. The molecule has 2 aliphatic heterocycles. The van der Waals surface area contributed by atoms with Crippen LogP contribution in [0.3, 0.4) is 0 Å². The van der Waals surface area contributed by atoms with Gasteiger partial charge in [0.15, 0.2) is 0 Å². The highest BCUT2D eigenvalue weighted by Crippen LogP contribution is 2.38. The molecule has 0 aromatic heterocycles. The van der Waals surface area contributed by atoms with Crippen LogP contribution in [0.4, 0.5) is 10.5 Å². The Morgan fingerprint density at radius 2 is 1.66 bits per heavy atom. The van der Waals surface area contributed by atoms with E-state index in [1.54, 1.807) is 14.2 Å². The predicted molar refractivity (Wildman–Crippen MR) is 180 cm³/mol. The molecule has 0 bridgehead atoms. The Balaban J connectivity index is 1.36. The predicted octanol–water partition coefficient (Wildman–Crippen LogP) is 5.36. The molecule has 254 valence electrons. The van der Waals surface area contributed by atoms with Crippen LogP contribution in [0.5, 0.6) is 11.5 Å². The maximum Gasteiger partial charge on any atom is 0.407 e. The molecule has 1 unspecified atom stereocenters. The van der Waals surface area contributed by atoms with Gasteiger partial charge in [-0.25, -0.2) is 4.79 Å². The van der Waals surface area contributed by atoms with Crippen LogP contribution in [-0.4, -0.2) is 99.7 Å². The lowest BCUT2D eigenvalue weighted by Crippen LogP contribution is -2.60. The van der Waals surface area contributed by atoms with Gasteiger partial charge in [0.2, 0.25) is 0 Å². The second-order valence-corrected chi connectivity index (χ2v) is 12.2. The van der Waals surface area contributed by atoms with Gasteiger partial charge in [-0.3, -0.25) is 4.90 Å². The average molecular weight is 649 g/mol. The van der Waals surface area contributed by atoms with E-state index in [4.69, 9.17) is 23.7 Å². The van der Waals surface area contributed by atoms with Gasteiger partial charge in [-0.05, 0) is 66.6 Å². The van der Waals surface area contributed by atoms with E-state index in [1.165, 1.54) is 4.90 Å². The average Bonchev–Trinajstić information content (AvgIpc) is 3.09. The van der Waals surface area contributed by atoms with E-state index in [9.17, 15) is 15.0 Å². The van der Waals surface area contributed by atoms with Gasteiger partial charge < -0.3 is 38.8 Å². The summed E-state index contributed by atoms with van der Waals surface area (Å²) in [5.41, 5.74) is 3.80. The number of fused-ring (bicyclic) bond motifs is 1. The summed E-state index contributed by atoms with van der Waals surface area (Å²) >= 11 is 0. The van der Waals surface area contributed by atoms with Crippen LogP contribution < -0.4 is 14.4 Å². The molecule has 0 radical (unpaired) electrons. The first-order valence-corrected chi connectivity index (χ1v) is 16.5. The number of carboxylic acid groups (broad SMARTS) is 1. The number of methoxy groups -OCH3 is 2. The van der Waals surface area contributed by atoms with Crippen LogP contribution in [0.15, 0.2) is 72.8 Å². The molecule has 47 heavy (non-hydrogen) atoms. The van der Waals surface area contributed by atoms with Crippen LogP contribution >= 0.6 is 0 Å². The van der Waals surface area contributed by atoms with Crippen LogP contribution in [-0.2, 0) is 27.2 Å². The van der Waals surface area contributed by atoms with Crippen molar-refractivity contribution >= 4 is 11.8 Å². The van der Waals surface area contributed by atoms with E-state index in [2.05, 4.69) is 11.0 Å². The quantitative estimate of drug-likeness (QED) is 0.198. The summed E-state index contributed by atoms with van der Waals surface area (Å²) in [5, 5.41) is 22.3. The number of likely N-dealkylation sites (tertiary alicyclic amines) is 1. The number of carbonyl (C=O) groups is 1. The molecule has 5 rings (SSSR count). The van der Waals surface area contributed by atoms with Crippen LogP contribution in [0.1, 0.15) is 41.9 Å². The summed E-state index contributed by atoms with van der Waals surface area (Å²) in [4.78, 5) is 16.2. The van der Waals surface area contributed by atoms with E-state index >= 15 is 0 Å². The van der Waals surface area contributed by atoms with Crippen molar-refractivity contribution in [1.29, 1.82) is 0 Å². The number of ether oxygens (including phenoxy) is 5. The smallest absolute Gasteiger partial charge is 0.407 e. The minimum atomic E-state index is -1.08. The van der Waals surface area contributed by atoms with Crippen LogP contribution in [0.2, 0.25) is 0 Å². The van der Waals surface area contributed by atoms with Crippen molar-refractivity contribution in [3.05, 3.63) is 89.5 Å². The minimum Gasteiger partial charge on any atom is -0.494 e. The lowest BCUT2D eigenvalue weighted by Gasteiger charge is -2.46. The number of aliphatic hydroxyl groups excluding tert-OH is 1. The highest BCUT2D eigenvalue weighted by Gasteiger charge is 2.46. The number of amides is 1. The standard InChI is InChI=1S/C37H48N2O8/c1-43-19-6-7-21-45-30-14-12-29(13-15-30)35-34(25-39(37(41)42)32(36(35)40)23-27-9-4-3-5-10-27)47-26-28-11-16-33-31(24-28)38(18-22-46-33)17-8-20-44-2/h3-5,9-16,24,32,34-36,40H,6-8,17-23,25-26H2,1-2H3,(H,41,42)/t32?,34-,35+,36+/m0/s1. The molecule has 2 heterocycles. The van der Waals surface area contributed by atoms with Gasteiger partial charge in [0, 0.05) is 39.9 Å². The molecule has 10 heteroatoms. The molecule has 1 saturated heterocycles. The first kappa shape index (κ1) is 34.5.